The summed E-state index contributed by atoms with van der Waals surface area (Å²) in [5.41, 5.74) is 2.61. The van der Waals surface area contributed by atoms with Crippen LogP contribution in [0.1, 0.15) is 38.2 Å². The number of aliphatic hydroxyl groups excluding tert-OH is 1. The summed E-state index contributed by atoms with van der Waals surface area (Å²) in [7, 11) is 0. The van der Waals surface area contributed by atoms with Crippen molar-refractivity contribution in [3.63, 3.8) is 0 Å². The van der Waals surface area contributed by atoms with Crippen LogP contribution in [0, 0.1) is 6.92 Å². The average Bonchev–Trinajstić information content (AvgIpc) is 3.16. The highest BCUT2D eigenvalue weighted by atomic mass is 127. The van der Waals surface area contributed by atoms with Crippen LogP contribution in [-0.2, 0) is 0 Å². The minimum atomic E-state index is -0.0929. The van der Waals surface area contributed by atoms with E-state index in [4.69, 9.17) is 4.99 Å². The minimum Gasteiger partial charge on any atom is -0.393 e. The van der Waals surface area contributed by atoms with E-state index in [1.54, 1.807) is 0 Å². The van der Waals surface area contributed by atoms with Crippen molar-refractivity contribution in [3.8, 4) is 0 Å². The zero-order chi connectivity index (χ0) is 19.8. The number of halogens is 1. The van der Waals surface area contributed by atoms with Gasteiger partial charge in [0.1, 0.15) is 0 Å². The zero-order valence-corrected chi connectivity index (χ0v) is 20.3. The van der Waals surface area contributed by atoms with Gasteiger partial charge in [0.05, 0.1) is 6.10 Å². The van der Waals surface area contributed by atoms with Crippen molar-refractivity contribution < 1.29 is 5.11 Å². The second-order valence-corrected chi connectivity index (χ2v) is 8.10. The van der Waals surface area contributed by atoms with Crippen molar-refractivity contribution in [3.05, 3.63) is 29.8 Å². The van der Waals surface area contributed by atoms with Gasteiger partial charge in [-0.15, -0.1) is 24.0 Å². The first-order chi connectivity index (χ1) is 13.6. The predicted octanol–water partition coefficient (Wildman–Crippen LogP) is 2.59. The van der Waals surface area contributed by atoms with E-state index in [1.165, 1.54) is 11.3 Å². The first kappa shape index (κ1) is 24.2. The molecule has 0 aliphatic carbocycles. The molecule has 3 rings (SSSR count). The Morgan fingerprint density at radius 3 is 2.55 bits per heavy atom. The van der Waals surface area contributed by atoms with E-state index in [0.29, 0.717) is 6.04 Å². The van der Waals surface area contributed by atoms with E-state index in [0.717, 1.165) is 77.5 Å². The molecule has 2 saturated heterocycles. The van der Waals surface area contributed by atoms with Crippen molar-refractivity contribution in [2.24, 2.45) is 4.99 Å². The molecule has 1 unspecified atom stereocenters. The number of piperidine rings is 1. The topological polar surface area (TPSA) is 63.1 Å². The maximum Gasteiger partial charge on any atom is 0.191 e. The Balaban J connectivity index is 0.00000300. The first-order valence-corrected chi connectivity index (χ1v) is 10.9. The molecule has 1 aromatic rings. The number of hydrogen-bond donors (Lipinski definition) is 3. The number of anilines is 1. The third kappa shape index (κ3) is 7.94. The number of nitrogens with one attached hydrogen (secondary N) is 2. The summed E-state index contributed by atoms with van der Waals surface area (Å²) in [6.45, 7) is 11.2. The molecule has 2 fully saturated rings. The zero-order valence-electron chi connectivity index (χ0n) is 17.9. The highest BCUT2D eigenvalue weighted by Gasteiger charge is 2.23. The van der Waals surface area contributed by atoms with Crippen LogP contribution in [0.4, 0.5) is 5.69 Å². The number of aryl methyl sites for hydroxylation is 1. The molecule has 3 N–H and O–H groups in total. The number of hydrogen-bond acceptors (Lipinski definition) is 4. The summed E-state index contributed by atoms with van der Waals surface area (Å²) in [4.78, 5) is 9.68. The standard InChI is InChI=1S/C22H37N5O.HI/c1-3-23-22(24-12-4-13-26-14-10-21(28)11-15-26)25-19-9-16-27(17-19)20-7-5-18(2)6-8-20;/h5-8,19,21,28H,3-4,9-17H2,1-2H3,(H2,23,24,25);1H. The van der Waals surface area contributed by atoms with E-state index >= 15 is 0 Å². The Bertz CT molecular complexity index is 616. The van der Waals surface area contributed by atoms with E-state index in [1.807, 2.05) is 0 Å². The number of guanidine groups is 1. The van der Waals surface area contributed by atoms with Crippen LogP contribution in [0.5, 0.6) is 0 Å². The quantitative estimate of drug-likeness (QED) is 0.226. The van der Waals surface area contributed by atoms with Crippen molar-refractivity contribution in [2.45, 2.75) is 51.7 Å². The molecule has 0 aromatic heterocycles. The average molecular weight is 515 g/mol. The largest absolute Gasteiger partial charge is 0.393 e. The summed E-state index contributed by atoms with van der Waals surface area (Å²) < 4.78 is 0. The highest BCUT2D eigenvalue weighted by Crippen LogP contribution is 2.20. The Labute approximate surface area is 193 Å². The molecule has 2 aliphatic heterocycles. The molecule has 29 heavy (non-hydrogen) atoms. The van der Waals surface area contributed by atoms with Crippen molar-refractivity contribution in [1.82, 2.24) is 15.5 Å². The Kier molecular flexibility index (Phi) is 10.5. The van der Waals surface area contributed by atoms with Gasteiger partial charge in [0.25, 0.3) is 0 Å². The van der Waals surface area contributed by atoms with Gasteiger partial charge in [-0.05, 0) is 58.2 Å². The van der Waals surface area contributed by atoms with Crippen LogP contribution in [0.15, 0.2) is 29.3 Å². The van der Waals surface area contributed by atoms with E-state index < -0.39 is 0 Å². The van der Waals surface area contributed by atoms with Crippen LogP contribution in [-0.4, -0.2) is 73.9 Å². The van der Waals surface area contributed by atoms with Gasteiger partial charge in [-0.1, -0.05) is 17.7 Å². The molecule has 1 atom stereocenters. The van der Waals surface area contributed by atoms with Crippen LogP contribution >= 0.6 is 24.0 Å². The third-order valence-corrected chi connectivity index (χ3v) is 5.73. The van der Waals surface area contributed by atoms with Crippen molar-refractivity contribution in [1.29, 1.82) is 0 Å². The number of benzene rings is 1. The molecule has 0 bridgehead atoms. The van der Waals surface area contributed by atoms with E-state index in [2.05, 4.69) is 58.5 Å². The minimum absolute atomic E-state index is 0. The monoisotopic (exact) mass is 515 g/mol. The predicted molar refractivity (Wildman–Crippen MR) is 133 cm³/mol. The number of aliphatic hydroxyl groups is 1. The van der Waals surface area contributed by atoms with Gasteiger partial charge in [-0.25, -0.2) is 0 Å². The maximum absolute atomic E-state index is 9.60. The van der Waals surface area contributed by atoms with E-state index in [9.17, 15) is 5.11 Å². The molecular weight excluding hydrogens is 477 g/mol. The molecular formula is C22H38IN5O. The molecule has 0 spiro atoms. The third-order valence-electron chi connectivity index (χ3n) is 5.73. The number of likely N-dealkylation sites (tertiary alicyclic amines) is 1. The summed E-state index contributed by atoms with van der Waals surface area (Å²) in [6.07, 6.45) is 3.92. The smallest absolute Gasteiger partial charge is 0.191 e. The van der Waals surface area contributed by atoms with E-state index in [-0.39, 0.29) is 30.1 Å². The Morgan fingerprint density at radius 1 is 1.14 bits per heavy atom. The lowest BCUT2D eigenvalue weighted by Crippen LogP contribution is -2.44. The molecule has 2 heterocycles. The fourth-order valence-corrected chi connectivity index (χ4v) is 4.01. The van der Waals surface area contributed by atoms with Gasteiger partial charge in [0.2, 0.25) is 0 Å². The molecule has 164 valence electrons. The Morgan fingerprint density at radius 2 is 1.86 bits per heavy atom. The lowest BCUT2D eigenvalue weighted by atomic mass is 10.1. The molecule has 7 heteroatoms. The summed E-state index contributed by atoms with van der Waals surface area (Å²) in [5.74, 6) is 0.937. The molecule has 0 radical (unpaired) electrons. The molecule has 2 aliphatic rings. The second-order valence-electron chi connectivity index (χ2n) is 8.10. The summed E-state index contributed by atoms with van der Waals surface area (Å²) in [6, 6.07) is 9.24. The van der Waals surface area contributed by atoms with Crippen LogP contribution in [0.25, 0.3) is 0 Å². The Hall–Kier alpha value is -1.06. The van der Waals surface area contributed by atoms with Crippen LogP contribution in [0.2, 0.25) is 0 Å². The lowest BCUT2D eigenvalue weighted by Gasteiger charge is -2.29. The molecule has 0 saturated carbocycles. The number of rotatable bonds is 7. The molecule has 1 aromatic carbocycles. The summed E-state index contributed by atoms with van der Waals surface area (Å²) >= 11 is 0. The molecule has 6 nitrogen and oxygen atoms in total. The maximum atomic E-state index is 9.60. The fraction of sp³-hybridized carbons (Fsp3) is 0.682. The van der Waals surface area contributed by atoms with Gasteiger partial charge in [0.15, 0.2) is 5.96 Å². The van der Waals surface area contributed by atoms with Gasteiger partial charge in [0, 0.05) is 51.0 Å². The van der Waals surface area contributed by atoms with Crippen molar-refractivity contribution >= 4 is 35.6 Å². The number of aliphatic imine (C=N–C) groups is 1. The normalized spacial score (nSPS) is 21.1. The van der Waals surface area contributed by atoms with Crippen molar-refractivity contribution in [2.75, 3.05) is 50.7 Å². The first-order valence-electron chi connectivity index (χ1n) is 10.9. The van der Waals surface area contributed by atoms with Gasteiger partial charge in [-0.3, -0.25) is 4.99 Å². The summed E-state index contributed by atoms with van der Waals surface area (Å²) in [5, 5.41) is 16.6. The fourth-order valence-electron chi connectivity index (χ4n) is 4.01. The highest BCUT2D eigenvalue weighted by molar-refractivity contribution is 14.0. The lowest BCUT2D eigenvalue weighted by molar-refractivity contribution is 0.0824. The molecule has 0 amide bonds. The number of nitrogens with zero attached hydrogens (tertiary/aromatic N) is 3. The SMILES string of the molecule is CCNC(=NCCCN1CCC(O)CC1)NC1CCN(c2ccc(C)cc2)C1.I. The van der Waals surface area contributed by atoms with Gasteiger partial charge < -0.3 is 25.5 Å². The van der Waals surface area contributed by atoms with Crippen LogP contribution in [0.3, 0.4) is 0 Å². The van der Waals surface area contributed by atoms with Crippen LogP contribution < -0.4 is 15.5 Å². The van der Waals surface area contributed by atoms with Gasteiger partial charge >= 0.3 is 0 Å². The van der Waals surface area contributed by atoms with Gasteiger partial charge in [-0.2, -0.15) is 0 Å². The second kappa shape index (κ2) is 12.6.